The summed E-state index contributed by atoms with van der Waals surface area (Å²) in [5, 5.41) is 2.96. The highest BCUT2D eigenvalue weighted by Gasteiger charge is 2.23. The minimum atomic E-state index is -2.58. The summed E-state index contributed by atoms with van der Waals surface area (Å²) in [7, 11) is 1.26. The number of nitrogens with one attached hydrogen (secondary N) is 1. The molecule has 1 aromatic heterocycles. The van der Waals surface area contributed by atoms with Crippen molar-refractivity contribution in [2.45, 2.75) is 58.4 Å². The van der Waals surface area contributed by atoms with Crippen molar-refractivity contribution in [1.82, 2.24) is 10.3 Å². The van der Waals surface area contributed by atoms with E-state index in [1.807, 2.05) is 12.1 Å². The predicted octanol–water partition coefficient (Wildman–Crippen LogP) is 3.77. The maximum atomic E-state index is 14.4. The van der Waals surface area contributed by atoms with Crippen molar-refractivity contribution in [2.75, 3.05) is 29.3 Å². The van der Waals surface area contributed by atoms with Gasteiger partial charge < -0.3 is 19.1 Å². The van der Waals surface area contributed by atoms with Crippen molar-refractivity contribution in [3.8, 4) is 0 Å². The molecule has 1 amide bonds. The topological polar surface area (TPSA) is 88.6 Å². The minimum absolute atomic E-state index is 0.0695. The molecular formula is C24H32FN4O3S-. The van der Waals surface area contributed by atoms with Crippen LogP contribution >= 0.6 is 0 Å². The lowest BCUT2D eigenvalue weighted by Gasteiger charge is -2.25. The van der Waals surface area contributed by atoms with Crippen LogP contribution in [0.15, 0.2) is 30.3 Å². The fourth-order valence-electron chi connectivity index (χ4n) is 3.85. The predicted molar refractivity (Wildman–Crippen MR) is 128 cm³/mol. The summed E-state index contributed by atoms with van der Waals surface area (Å²) in [6.45, 7) is 10.3. The molecule has 2 atom stereocenters. The summed E-state index contributed by atoms with van der Waals surface area (Å²) in [6.07, 6.45) is 2.25. The van der Waals surface area contributed by atoms with Gasteiger partial charge in [-0.15, -0.1) is 0 Å². The Bertz CT molecular complexity index is 1030. The Kier molecular flexibility index (Phi) is 7.74. The van der Waals surface area contributed by atoms with Crippen molar-refractivity contribution in [3.05, 3.63) is 53.0 Å². The Balaban J connectivity index is 1.75. The normalized spacial score (nSPS) is 15.9. The number of benzene rings is 1. The first kappa shape index (κ1) is 25.1. The highest BCUT2D eigenvalue weighted by atomic mass is 32.2. The Morgan fingerprint density at radius 1 is 1.27 bits per heavy atom. The standard InChI is InChI=1S/C24H33FN4O3S/c1-16(17-8-10-20(19(25)14-17)28(5)33(31)32)23(30)26-15-18-9-11-21(24(2,3)4)27-22(18)29-12-6-7-13-29/h8-11,14,16H,6-7,12-13,15H2,1-5H3,(H,26,30)(H,31,32)/p-1. The molecule has 1 aliphatic rings. The molecule has 0 spiro atoms. The second kappa shape index (κ2) is 10.2. The van der Waals surface area contributed by atoms with E-state index in [0.29, 0.717) is 12.1 Å². The molecule has 0 saturated carbocycles. The first-order valence-electron chi connectivity index (χ1n) is 11.1. The molecule has 0 bridgehead atoms. The molecule has 2 unspecified atom stereocenters. The summed E-state index contributed by atoms with van der Waals surface area (Å²) in [5.74, 6) is -0.627. The molecule has 0 radical (unpaired) electrons. The summed E-state index contributed by atoms with van der Waals surface area (Å²) in [5.41, 5.74) is 2.28. The van der Waals surface area contributed by atoms with E-state index in [-0.39, 0.29) is 17.0 Å². The summed E-state index contributed by atoms with van der Waals surface area (Å²) in [4.78, 5) is 20.0. The molecule has 1 N–H and O–H groups in total. The van der Waals surface area contributed by atoms with E-state index in [1.54, 1.807) is 13.0 Å². The molecule has 1 aliphatic heterocycles. The number of hydrogen-bond acceptors (Lipinski definition) is 5. The summed E-state index contributed by atoms with van der Waals surface area (Å²) >= 11 is -2.58. The number of rotatable bonds is 7. The number of halogens is 1. The molecule has 2 aromatic rings. The molecule has 3 rings (SSSR count). The quantitative estimate of drug-likeness (QED) is 0.616. The Hall–Kier alpha value is -2.52. The van der Waals surface area contributed by atoms with E-state index in [2.05, 4.69) is 31.0 Å². The number of carbonyl (C=O) groups excluding carboxylic acids is 1. The molecule has 1 saturated heterocycles. The Labute approximate surface area is 197 Å². The Morgan fingerprint density at radius 3 is 2.52 bits per heavy atom. The van der Waals surface area contributed by atoms with Crippen LogP contribution < -0.4 is 14.5 Å². The van der Waals surface area contributed by atoms with Gasteiger partial charge in [0.1, 0.15) is 11.6 Å². The summed E-state index contributed by atoms with van der Waals surface area (Å²) in [6, 6.07) is 8.18. The van der Waals surface area contributed by atoms with Crippen LogP contribution in [0.1, 0.15) is 63.3 Å². The molecule has 2 heterocycles. The van der Waals surface area contributed by atoms with Crippen LogP contribution in [0.25, 0.3) is 0 Å². The number of anilines is 2. The maximum absolute atomic E-state index is 14.4. The third kappa shape index (κ3) is 5.89. The number of aromatic nitrogens is 1. The van der Waals surface area contributed by atoms with E-state index in [9.17, 15) is 17.9 Å². The van der Waals surface area contributed by atoms with Crippen molar-refractivity contribution >= 4 is 28.7 Å². The molecule has 0 aliphatic carbocycles. The SMILES string of the molecule is CC(C(=O)NCc1ccc(C(C)(C)C)nc1N1CCCC1)c1ccc(N(C)S(=O)[O-])c(F)c1. The van der Waals surface area contributed by atoms with E-state index >= 15 is 0 Å². The third-order valence-corrected chi connectivity index (χ3v) is 6.65. The second-order valence-corrected chi connectivity index (χ2v) is 10.5. The van der Waals surface area contributed by atoms with Crippen LogP contribution in [0, 0.1) is 5.82 Å². The monoisotopic (exact) mass is 475 g/mol. The molecular weight excluding hydrogens is 443 g/mol. The van der Waals surface area contributed by atoms with Gasteiger partial charge in [-0.2, -0.15) is 0 Å². The van der Waals surface area contributed by atoms with E-state index in [4.69, 9.17) is 4.98 Å². The summed E-state index contributed by atoms with van der Waals surface area (Å²) < 4.78 is 37.4. The number of nitrogens with zero attached hydrogens (tertiary/aromatic N) is 3. The van der Waals surface area contributed by atoms with Gasteiger partial charge in [-0.05, 0) is 43.5 Å². The maximum Gasteiger partial charge on any atom is 0.227 e. The van der Waals surface area contributed by atoms with Gasteiger partial charge >= 0.3 is 0 Å². The fourth-order valence-corrected chi connectivity index (χ4v) is 4.16. The lowest BCUT2D eigenvalue weighted by molar-refractivity contribution is -0.122. The van der Waals surface area contributed by atoms with Gasteiger partial charge in [0, 0.05) is 54.6 Å². The lowest BCUT2D eigenvalue weighted by atomic mass is 9.91. The number of carbonyl (C=O) groups is 1. The van der Waals surface area contributed by atoms with E-state index in [1.165, 1.54) is 19.2 Å². The van der Waals surface area contributed by atoms with Crippen LogP contribution in [-0.2, 0) is 28.0 Å². The smallest absolute Gasteiger partial charge is 0.227 e. The van der Waals surface area contributed by atoms with Crippen molar-refractivity contribution in [2.24, 2.45) is 0 Å². The van der Waals surface area contributed by atoms with E-state index < -0.39 is 23.0 Å². The zero-order valence-corrected chi connectivity index (χ0v) is 20.7. The van der Waals surface area contributed by atoms with Gasteiger partial charge in [0.2, 0.25) is 5.91 Å². The van der Waals surface area contributed by atoms with Crippen LogP contribution in [0.3, 0.4) is 0 Å². The van der Waals surface area contributed by atoms with Gasteiger partial charge in [-0.25, -0.2) is 9.37 Å². The van der Waals surface area contributed by atoms with Crippen LogP contribution in [0.4, 0.5) is 15.9 Å². The third-order valence-electron chi connectivity index (χ3n) is 6.01. The fraction of sp³-hybridized carbons (Fsp3) is 0.500. The Morgan fingerprint density at radius 2 is 1.94 bits per heavy atom. The molecule has 33 heavy (non-hydrogen) atoms. The van der Waals surface area contributed by atoms with Crippen molar-refractivity contribution < 1.29 is 17.9 Å². The second-order valence-electron chi connectivity index (χ2n) is 9.49. The van der Waals surface area contributed by atoms with Gasteiger partial charge in [-0.3, -0.25) is 9.00 Å². The minimum Gasteiger partial charge on any atom is -0.755 e. The van der Waals surface area contributed by atoms with Crippen molar-refractivity contribution in [1.29, 1.82) is 0 Å². The number of amides is 1. The lowest BCUT2D eigenvalue weighted by Crippen LogP contribution is -2.30. The van der Waals surface area contributed by atoms with Crippen LogP contribution in [0.5, 0.6) is 0 Å². The van der Waals surface area contributed by atoms with Gasteiger partial charge in [0.05, 0.1) is 11.6 Å². The first-order valence-corrected chi connectivity index (χ1v) is 12.2. The molecule has 1 aromatic carbocycles. The first-order chi connectivity index (χ1) is 15.5. The van der Waals surface area contributed by atoms with Gasteiger partial charge in [0.15, 0.2) is 0 Å². The zero-order chi connectivity index (χ0) is 24.3. The van der Waals surface area contributed by atoms with Gasteiger partial charge in [-0.1, -0.05) is 32.9 Å². The highest BCUT2D eigenvalue weighted by molar-refractivity contribution is 7.80. The average molecular weight is 476 g/mol. The molecule has 1 fully saturated rings. The average Bonchev–Trinajstić information content (AvgIpc) is 3.30. The van der Waals surface area contributed by atoms with Crippen LogP contribution in [0.2, 0.25) is 0 Å². The largest absolute Gasteiger partial charge is 0.755 e. The van der Waals surface area contributed by atoms with Crippen LogP contribution in [-0.4, -0.2) is 39.8 Å². The van der Waals surface area contributed by atoms with Gasteiger partial charge in [0.25, 0.3) is 0 Å². The number of pyridine rings is 1. The molecule has 9 heteroatoms. The molecule has 180 valence electrons. The highest BCUT2D eigenvalue weighted by Crippen LogP contribution is 2.29. The molecule has 7 nitrogen and oxygen atoms in total. The zero-order valence-electron chi connectivity index (χ0n) is 19.9. The van der Waals surface area contributed by atoms with E-state index in [0.717, 1.165) is 47.3 Å². The number of hydrogen-bond donors (Lipinski definition) is 1. The van der Waals surface area contributed by atoms with Crippen molar-refractivity contribution in [3.63, 3.8) is 0 Å².